The number of nitrogens with two attached hydrogens (primary N) is 4. The highest BCUT2D eigenvalue weighted by molar-refractivity contribution is 5.96. The molecule has 0 saturated carbocycles. The van der Waals surface area contributed by atoms with Gasteiger partial charge in [0.25, 0.3) is 0 Å². The van der Waals surface area contributed by atoms with Gasteiger partial charge in [0.05, 0.1) is 12.6 Å². The third kappa shape index (κ3) is 18.7. The van der Waals surface area contributed by atoms with Gasteiger partial charge in [-0.05, 0) is 56.6 Å². The molecule has 5 atom stereocenters. The molecule has 51 heavy (non-hydrogen) atoms. The standard InChI is InChI=1S/C33H57N11O7/c1-20(2)17-25(32(51)44-26(29(48)40-19-27(36)46)18-21-9-4-3-5-10-21)43-30(49)23(12-8-15-39-33(37)38)42-31(50)24(13-16-45)41-28(47)22(35)11-6-7-14-34/h3-5,9-10,20,22-26,45H,6-8,11-19,34-35H2,1-2H3,(H2,36,46)(H,40,48)(H,41,47)(H,42,50)(H,43,49)(H,44,51)(H4,37,38,39). The quantitative estimate of drug-likeness (QED) is 0.0273. The fraction of sp³-hybridized carbons (Fsp3) is 0.606. The molecule has 5 unspecified atom stereocenters. The molecule has 6 amide bonds. The molecule has 0 saturated heterocycles. The predicted molar refractivity (Wildman–Crippen MR) is 191 cm³/mol. The third-order valence-electron chi connectivity index (χ3n) is 7.67. The van der Waals surface area contributed by atoms with Crippen LogP contribution in [0.2, 0.25) is 0 Å². The van der Waals surface area contributed by atoms with Crippen molar-refractivity contribution in [1.29, 1.82) is 5.41 Å². The summed E-state index contributed by atoms with van der Waals surface area (Å²) >= 11 is 0. The van der Waals surface area contributed by atoms with Crippen molar-refractivity contribution >= 4 is 41.4 Å². The minimum Gasteiger partial charge on any atom is -0.396 e. The maximum absolute atomic E-state index is 13.8. The van der Waals surface area contributed by atoms with Gasteiger partial charge in [0.1, 0.15) is 24.2 Å². The molecule has 16 N–H and O–H groups in total. The molecule has 0 aromatic heterocycles. The Bertz CT molecular complexity index is 1280. The number of guanidine groups is 1. The number of benzene rings is 1. The van der Waals surface area contributed by atoms with Crippen LogP contribution in [-0.2, 0) is 35.2 Å². The average molecular weight is 720 g/mol. The lowest BCUT2D eigenvalue weighted by Crippen LogP contribution is -2.59. The normalized spacial score (nSPS) is 13.8. The van der Waals surface area contributed by atoms with Crippen LogP contribution >= 0.6 is 0 Å². The van der Waals surface area contributed by atoms with E-state index in [1.807, 2.05) is 13.8 Å². The minimum atomic E-state index is -1.22. The van der Waals surface area contributed by atoms with Crippen LogP contribution in [0.5, 0.6) is 0 Å². The highest BCUT2D eigenvalue weighted by Gasteiger charge is 2.32. The number of rotatable bonds is 25. The Morgan fingerprint density at radius 1 is 0.725 bits per heavy atom. The number of primary amides is 1. The summed E-state index contributed by atoms with van der Waals surface area (Å²) in [5, 5.41) is 32.6. The van der Waals surface area contributed by atoms with E-state index in [0.717, 1.165) is 5.56 Å². The van der Waals surface area contributed by atoms with Gasteiger partial charge >= 0.3 is 0 Å². The van der Waals surface area contributed by atoms with Crippen LogP contribution in [0.15, 0.2) is 30.3 Å². The van der Waals surface area contributed by atoms with E-state index < -0.39 is 78.8 Å². The molecule has 18 nitrogen and oxygen atoms in total. The maximum atomic E-state index is 13.8. The first kappa shape index (κ1) is 44.2. The molecule has 0 spiro atoms. The molecule has 286 valence electrons. The second kappa shape index (κ2) is 24.4. The van der Waals surface area contributed by atoms with Crippen LogP contribution in [-0.4, -0.2) is 103 Å². The average Bonchev–Trinajstić information content (AvgIpc) is 3.07. The van der Waals surface area contributed by atoms with Gasteiger partial charge in [-0.25, -0.2) is 0 Å². The van der Waals surface area contributed by atoms with E-state index in [4.69, 9.17) is 28.3 Å². The summed E-state index contributed by atoms with van der Waals surface area (Å²) in [5.41, 5.74) is 22.8. The molecule has 1 aromatic carbocycles. The lowest BCUT2D eigenvalue weighted by molar-refractivity contribution is -0.135. The highest BCUT2D eigenvalue weighted by Crippen LogP contribution is 2.10. The number of nitrogens with one attached hydrogen (secondary N) is 7. The van der Waals surface area contributed by atoms with Crippen LogP contribution in [0, 0.1) is 11.3 Å². The minimum absolute atomic E-state index is 0.0401. The maximum Gasteiger partial charge on any atom is 0.243 e. The zero-order valence-electron chi connectivity index (χ0n) is 29.5. The number of carbonyl (C=O) groups is 6. The van der Waals surface area contributed by atoms with Crippen molar-refractivity contribution < 1.29 is 33.9 Å². The summed E-state index contributed by atoms with van der Waals surface area (Å²) in [5.74, 6) is -4.57. The molecule has 0 bridgehead atoms. The van der Waals surface area contributed by atoms with Crippen molar-refractivity contribution in [2.75, 3.05) is 26.2 Å². The Labute approximate surface area is 298 Å². The van der Waals surface area contributed by atoms with Crippen LogP contribution < -0.4 is 54.8 Å². The zero-order valence-corrected chi connectivity index (χ0v) is 29.5. The topological polar surface area (TPSA) is 323 Å². The SMILES string of the molecule is CC(C)CC(NC(=O)C(CCCNC(=N)N)NC(=O)C(CCO)NC(=O)C(N)CCCCN)C(=O)NC(Cc1ccccc1)C(=O)NCC(N)=O. The Morgan fingerprint density at radius 3 is 1.86 bits per heavy atom. The smallest absolute Gasteiger partial charge is 0.243 e. The zero-order chi connectivity index (χ0) is 38.3. The third-order valence-corrected chi connectivity index (χ3v) is 7.67. The Kier molecular flexibility index (Phi) is 21.1. The molecule has 0 aliphatic heterocycles. The van der Waals surface area contributed by atoms with E-state index in [9.17, 15) is 33.9 Å². The number of aliphatic hydroxyl groups is 1. The first-order chi connectivity index (χ1) is 24.2. The largest absolute Gasteiger partial charge is 0.396 e. The van der Waals surface area contributed by atoms with E-state index in [1.54, 1.807) is 30.3 Å². The van der Waals surface area contributed by atoms with Crippen molar-refractivity contribution in [1.82, 2.24) is 31.9 Å². The van der Waals surface area contributed by atoms with Crippen LogP contribution in [0.4, 0.5) is 0 Å². The monoisotopic (exact) mass is 719 g/mol. The number of aliphatic hydroxyl groups excluding tert-OH is 1. The molecule has 0 aliphatic carbocycles. The Balaban J connectivity index is 3.23. The first-order valence-electron chi connectivity index (χ1n) is 17.1. The van der Waals surface area contributed by atoms with E-state index >= 15 is 0 Å². The fourth-order valence-electron chi connectivity index (χ4n) is 4.99. The predicted octanol–water partition coefficient (Wildman–Crippen LogP) is -3.08. The molecule has 0 aliphatic rings. The summed E-state index contributed by atoms with van der Waals surface area (Å²) in [4.78, 5) is 77.9. The van der Waals surface area contributed by atoms with E-state index in [2.05, 4.69) is 31.9 Å². The van der Waals surface area contributed by atoms with Gasteiger partial charge in [-0.3, -0.25) is 34.2 Å². The molecule has 0 heterocycles. The number of amides is 6. The van der Waals surface area contributed by atoms with E-state index in [-0.39, 0.29) is 50.5 Å². The van der Waals surface area contributed by atoms with Gasteiger partial charge in [0.2, 0.25) is 35.4 Å². The summed E-state index contributed by atoms with van der Waals surface area (Å²) in [6.07, 6.45) is 2.00. The van der Waals surface area contributed by atoms with E-state index in [1.165, 1.54) is 0 Å². The van der Waals surface area contributed by atoms with Crippen molar-refractivity contribution in [2.45, 2.75) is 95.4 Å². The van der Waals surface area contributed by atoms with Crippen molar-refractivity contribution in [3.05, 3.63) is 35.9 Å². The number of unbranched alkanes of at least 4 members (excludes halogenated alkanes) is 1. The Morgan fingerprint density at radius 2 is 1.29 bits per heavy atom. The van der Waals surface area contributed by atoms with Gasteiger partial charge in [-0.15, -0.1) is 0 Å². The second-order valence-corrected chi connectivity index (χ2v) is 12.6. The molecular formula is C33H57N11O7. The molecule has 18 heteroatoms. The second-order valence-electron chi connectivity index (χ2n) is 12.6. The number of hydrogen-bond acceptors (Lipinski definition) is 10. The van der Waals surface area contributed by atoms with Gasteiger partial charge in [-0.1, -0.05) is 50.6 Å². The summed E-state index contributed by atoms with van der Waals surface area (Å²) in [6, 6.07) is 3.25. The molecule has 0 fully saturated rings. The lowest BCUT2D eigenvalue weighted by atomic mass is 10.00. The molecule has 1 aromatic rings. The van der Waals surface area contributed by atoms with Gasteiger partial charge < -0.3 is 59.9 Å². The fourth-order valence-corrected chi connectivity index (χ4v) is 4.99. The molecule has 1 rings (SSSR count). The highest BCUT2D eigenvalue weighted by atomic mass is 16.3. The van der Waals surface area contributed by atoms with Gasteiger partial charge in [-0.2, -0.15) is 0 Å². The van der Waals surface area contributed by atoms with Gasteiger partial charge in [0, 0.05) is 19.6 Å². The van der Waals surface area contributed by atoms with Crippen LogP contribution in [0.25, 0.3) is 0 Å². The van der Waals surface area contributed by atoms with E-state index in [0.29, 0.717) is 25.8 Å². The van der Waals surface area contributed by atoms with Crippen molar-refractivity contribution in [2.24, 2.45) is 28.9 Å². The summed E-state index contributed by atoms with van der Waals surface area (Å²) in [6.45, 7) is 3.42. The van der Waals surface area contributed by atoms with Gasteiger partial charge in [0.15, 0.2) is 5.96 Å². The van der Waals surface area contributed by atoms with Crippen LogP contribution in [0.3, 0.4) is 0 Å². The van der Waals surface area contributed by atoms with Crippen LogP contribution in [0.1, 0.15) is 64.4 Å². The molecular weight excluding hydrogens is 662 g/mol. The number of carbonyl (C=O) groups excluding carboxylic acids is 6. The Hall–Kier alpha value is -4.81. The number of hydrogen-bond donors (Lipinski definition) is 12. The summed E-state index contributed by atoms with van der Waals surface area (Å²) in [7, 11) is 0. The lowest BCUT2D eigenvalue weighted by Gasteiger charge is -2.27. The van der Waals surface area contributed by atoms with Crippen molar-refractivity contribution in [3.8, 4) is 0 Å². The first-order valence-corrected chi connectivity index (χ1v) is 17.1. The van der Waals surface area contributed by atoms with Crippen molar-refractivity contribution in [3.63, 3.8) is 0 Å². The molecule has 0 radical (unpaired) electrons. The summed E-state index contributed by atoms with van der Waals surface area (Å²) < 4.78 is 0.